The summed E-state index contributed by atoms with van der Waals surface area (Å²) in [7, 11) is 0. The Balaban J connectivity index is 1.25. The molecule has 154 valence electrons. The fourth-order valence-electron chi connectivity index (χ4n) is 3.86. The van der Waals surface area contributed by atoms with Gasteiger partial charge >= 0.3 is 6.09 Å². The van der Waals surface area contributed by atoms with Crippen molar-refractivity contribution >= 4 is 17.6 Å². The van der Waals surface area contributed by atoms with Crippen LogP contribution in [0.4, 0.5) is 20.7 Å². The van der Waals surface area contributed by atoms with E-state index >= 15 is 0 Å². The molecule has 1 spiro atoms. The first kappa shape index (κ1) is 18.5. The lowest BCUT2D eigenvalue weighted by Gasteiger charge is -2.37. The van der Waals surface area contributed by atoms with Gasteiger partial charge in [0, 0.05) is 31.6 Å². The van der Waals surface area contributed by atoms with Crippen molar-refractivity contribution in [1.29, 1.82) is 0 Å². The average molecular weight is 410 g/mol. The molecule has 0 saturated carbocycles. The Labute approximate surface area is 171 Å². The Morgan fingerprint density at radius 1 is 1.07 bits per heavy atom. The van der Waals surface area contributed by atoms with E-state index < -0.39 is 11.7 Å². The van der Waals surface area contributed by atoms with Crippen molar-refractivity contribution in [3.8, 4) is 11.6 Å². The lowest BCUT2D eigenvalue weighted by molar-refractivity contribution is 0.0365. The van der Waals surface area contributed by atoms with Gasteiger partial charge in [-0.1, -0.05) is 5.16 Å². The van der Waals surface area contributed by atoms with Gasteiger partial charge in [0.2, 0.25) is 0 Å². The molecule has 9 nitrogen and oxygen atoms in total. The van der Waals surface area contributed by atoms with Crippen LogP contribution in [0.1, 0.15) is 18.7 Å². The maximum absolute atomic E-state index is 13.2. The molecule has 30 heavy (non-hydrogen) atoms. The number of hydrogen-bond acceptors (Lipinski definition) is 8. The summed E-state index contributed by atoms with van der Waals surface area (Å²) < 4.78 is 24.0. The first-order valence-corrected chi connectivity index (χ1v) is 9.67. The Morgan fingerprint density at radius 3 is 2.47 bits per heavy atom. The van der Waals surface area contributed by atoms with E-state index in [2.05, 4.69) is 25.2 Å². The van der Waals surface area contributed by atoms with Gasteiger partial charge in [0.15, 0.2) is 17.3 Å². The van der Waals surface area contributed by atoms with Crippen LogP contribution in [0, 0.1) is 12.7 Å². The molecule has 10 heteroatoms. The molecule has 2 fully saturated rings. The van der Waals surface area contributed by atoms with Crippen molar-refractivity contribution in [3.05, 3.63) is 48.0 Å². The summed E-state index contributed by atoms with van der Waals surface area (Å²) in [5.74, 6) is 1.28. The SMILES string of the molecule is Cc1noc(-c2ccc(N3CCC4(CC3)CN(c3ccc(F)cc3)C(=O)O4)nn2)n1. The van der Waals surface area contributed by atoms with Crippen LogP contribution in [0.3, 0.4) is 0 Å². The zero-order chi connectivity index (χ0) is 20.7. The third kappa shape index (κ3) is 3.34. The van der Waals surface area contributed by atoms with Gasteiger partial charge in [0.25, 0.3) is 5.89 Å². The molecule has 3 aromatic rings. The van der Waals surface area contributed by atoms with Crippen molar-refractivity contribution in [3.63, 3.8) is 0 Å². The second-order valence-electron chi connectivity index (χ2n) is 7.52. The van der Waals surface area contributed by atoms with Crippen molar-refractivity contribution in [2.45, 2.75) is 25.4 Å². The van der Waals surface area contributed by atoms with Crippen molar-refractivity contribution in [2.24, 2.45) is 0 Å². The van der Waals surface area contributed by atoms with Crippen LogP contribution in [-0.2, 0) is 4.74 Å². The Kier molecular flexibility index (Phi) is 4.34. The van der Waals surface area contributed by atoms with Crippen LogP contribution < -0.4 is 9.80 Å². The van der Waals surface area contributed by atoms with Crippen molar-refractivity contribution < 1.29 is 18.4 Å². The number of carbonyl (C=O) groups excluding carboxylic acids is 1. The fourth-order valence-corrected chi connectivity index (χ4v) is 3.86. The Morgan fingerprint density at radius 2 is 1.83 bits per heavy atom. The van der Waals surface area contributed by atoms with Gasteiger partial charge in [-0.15, -0.1) is 10.2 Å². The van der Waals surface area contributed by atoms with Crippen LogP contribution in [0.5, 0.6) is 0 Å². The molecule has 0 bridgehead atoms. The maximum atomic E-state index is 13.2. The number of hydrogen-bond donors (Lipinski definition) is 0. The van der Waals surface area contributed by atoms with Gasteiger partial charge in [-0.2, -0.15) is 4.98 Å². The zero-order valence-corrected chi connectivity index (χ0v) is 16.3. The van der Waals surface area contributed by atoms with Crippen LogP contribution in [0.15, 0.2) is 40.9 Å². The molecule has 4 heterocycles. The molecular formula is C20H19FN6O3. The largest absolute Gasteiger partial charge is 0.440 e. The van der Waals surface area contributed by atoms with E-state index in [1.165, 1.54) is 12.1 Å². The molecule has 5 rings (SSSR count). The van der Waals surface area contributed by atoms with Crippen molar-refractivity contribution in [2.75, 3.05) is 29.4 Å². The number of piperidine rings is 1. The predicted octanol–water partition coefficient (Wildman–Crippen LogP) is 2.97. The van der Waals surface area contributed by atoms with E-state index in [0.717, 1.165) is 5.82 Å². The number of anilines is 2. The highest BCUT2D eigenvalue weighted by Gasteiger charge is 2.47. The van der Waals surface area contributed by atoms with Gasteiger partial charge in [-0.05, 0) is 43.3 Å². The second-order valence-corrected chi connectivity index (χ2v) is 7.52. The summed E-state index contributed by atoms with van der Waals surface area (Å²) in [6.07, 6.45) is 0.944. The normalized spacial score (nSPS) is 18.1. The molecular weight excluding hydrogens is 391 g/mol. The number of halogens is 1. The smallest absolute Gasteiger partial charge is 0.415 e. The van der Waals surface area contributed by atoms with Gasteiger partial charge in [-0.3, -0.25) is 4.90 Å². The van der Waals surface area contributed by atoms with Crippen LogP contribution in [0.25, 0.3) is 11.6 Å². The van der Waals surface area contributed by atoms with Crippen molar-refractivity contribution in [1.82, 2.24) is 20.3 Å². The van der Waals surface area contributed by atoms with Gasteiger partial charge in [0.1, 0.15) is 11.4 Å². The minimum absolute atomic E-state index is 0.336. The molecule has 2 aromatic heterocycles. The molecule has 1 aromatic carbocycles. The summed E-state index contributed by atoms with van der Waals surface area (Å²) in [6, 6.07) is 9.53. The Bertz CT molecular complexity index is 1060. The van der Waals surface area contributed by atoms with E-state index in [-0.39, 0.29) is 5.82 Å². The predicted molar refractivity (Wildman–Crippen MR) is 104 cm³/mol. The van der Waals surface area contributed by atoms with Gasteiger partial charge < -0.3 is 14.2 Å². The van der Waals surface area contributed by atoms with Gasteiger partial charge in [0.05, 0.1) is 6.54 Å². The minimum Gasteiger partial charge on any atom is -0.440 e. The summed E-state index contributed by atoms with van der Waals surface area (Å²) in [4.78, 5) is 20.2. The van der Waals surface area contributed by atoms with E-state index in [9.17, 15) is 9.18 Å². The standard InChI is InChI=1S/C20H19FN6O3/c1-13-22-18(30-25-13)16-6-7-17(24-23-16)26-10-8-20(9-11-26)12-27(19(28)29-20)15-4-2-14(21)3-5-15/h2-7H,8-12H2,1H3. The number of benzene rings is 1. The molecule has 0 atom stereocenters. The van der Waals surface area contributed by atoms with E-state index in [4.69, 9.17) is 9.26 Å². The van der Waals surface area contributed by atoms with Gasteiger partial charge in [-0.25, -0.2) is 9.18 Å². The zero-order valence-electron chi connectivity index (χ0n) is 16.3. The molecule has 2 aliphatic rings. The molecule has 2 saturated heterocycles. The first-order chi connectivity index (χ1) is 14.5. The number of ether oxygens (including phenoxy) is 1. The maximum Gasteiger partial charge on any atom is 0.415 e. The fraction of sp³-hybridized carbons (Fsp3) is 0.350. The van der Waals surface area contributed by atoms with E-state index in [0.29, 0.717) is 55.6 Å². The monoisotopic (exact) mass is 410 g/mol. The van der Waals surface area contributed by atoms with Crippen LogP contribution in [0.2, 0.25) is 0 Å². The number of aromatic nitrogens is 4. The number of amides is 1. The summed E-state index contributed by atoms with van der Waals surface area (Å²) in [5, 5.41) is 12.2. The molecule has 0 unspecified atom stereocenters. The highest BCUT2D eigenvalue weighted by Crippen LogP contribution is 2.36. The van der Waals surface area contributed by atoms with E-state index in [1.54, 1.807) is 30.0 Å². The first-order valence-electron chi connectivity index (χ1n) is 9.67. The second kappa shape index (κ2) is 7.05. The number of carbonyl (C=O) groups is 1. The summed E-state index contributed by atoms with van der Waals surface area (Å²) in [6.45, 7) is 3.55. The molecule has 0 aliphatic carbocycles. The number of aryl methyl sites for hydroxylation is 1. The van der Waals surface area contributed by atoms with Crippen LogP contribution in [-0.4, -0.2) is 51.7 Å². The summed E-state index contributed by atoms with van der Waals surface area (Å²) >= 11 is 0. The average Bonchev–Trinajstić information content (AvgIpc) is 3.33. The number of rotatable bonds is 3. The third-order valence-electron chi connectivity index (χ3n) is 5.50. The molecule has 2 aliphatic heterocycles. The highest BCUT2D eigenvalue weighted by molar-refractivity contribution is 5.90. The van der Waals surface area contributed by atoms with E-state index in [1.807, 2.05) is 6.07 Å². The van der Waals surface area contributed by atoms with Crippen LogP contribution >= 0.6 is 0 Å². The third-order valence-corrected chi connectivity index (χ3v) is 5.50. The minimum atomic E-state index is -0.545. The highest BCUT2D eigenvalue weighted by atomic mass is 19.1. The lowest BCUT2D eigenvalue weighted by atomic mass is 9.91. The number of nitrogens with zero attached hydrogens (tertiary/aromatic N) is 6. The molecule has 0 radical (unpaired) electrons. The topological polar surface area (TPSA) is 97.5 Å². The molecule has 1 amide bonds. The quantitative estimate of drug-likeness (QED) is 0.650. The Hall–Kier alpha value is -3.56. The lowest BCUT2D eigenvalue weighted by Crippen LogP contribution is -2.47. The molecule has 0 N–H and O–H groups in total. The summed E-state index contributed by atoms with van der Waals surface area (Å²) in [5.41, 5.74) is 0.613.